The quantitative estimate of drug-likeness (QED) is 0.507. The molecule has 0 saturated carbocycles. The van der Waals surface area contributed by atoms with Gasteiger partial charge in [0.2, 0.25) is 5.91 Å². The van der Waals surface area contributed by atoms with Gasteiger partial charge in [-0.3, -0.25) is 14.3 Å². The lowest BCUT2D eigenvalue weighted by Crippen LogP contribution is -2.16. The molecule has 0 radical (unpaired) electrons. The molecule has 0 aliphatic heterocycles. The smallest absolute Gasteiger partial charge is 0.275 e. The Bertz CT molecular complexity index is 1210. The van der Waals surface area contributed by atoms with Crippen LogP contribution >= 0.6 is 22.9 Å². The van der Waals surface area contributed by atoms with Crippen LogP contribution in [0.1, 0.15) is 23.0 Å². The Morgan fingerprint density at radius 3 is 2.37 bits per heavy atom. The summed E-state index contributed by atoms with van der Waals surface area (Å²) in [5, 5.41) is 7.40. The fraction of sp³-hybridized carbons (Fsp3) is 0.105. The maximum Gasteiger partial charge on any atom is 0.275 e. The van der Waals surface area contributed by atoms with Crippen molar-refractivity contribution in [3.05, 3.63) is 64.1 Å². The van der Waals surface area contributed by atoms with Crippen LogP contribution in [-0.4, -0.2) is 25.2 Å². The minimum atomic E-state index is -3.89. The summed E-state index contributed by atoms with van der Waals surface area (Å²) >= 11 is 6.94. The third kappa shape index (κ3) is 5.35. The minimum absolute atomic E-state index is 0.0208. The van der Waals surface area contributed by atoms with E-state index >= 15 is 0 Å². The number of hydrogen-bond acceptors (Lipinski definition) is 6. The molecule has 0 unspecified atom stereocenters. The standard InChI is InChI=1S/C19H17ClN4O4S2/c1-11-3-6-15(22-18(26)16-10-29-19(23-16)21-12(2)25)9-17(11)30(27,28)24-14-7-4-13(20)5-8-14/h3-10,24H,1-2H3,(H,22,26)(H,21,23,25). The van der Waals surface area contributed by atoms with Crippen molar-refractivity contribution in [1.82, 2.24) is 4.98 Å². The third-order valence-corrected chi connectivity index (χ3v) is 6.38. The largest absolute Gasteiger partial charge is 0.321 e. The Morgan fingerprint density at radius 1 is 1.03 bits per heavy atom. The average Bonchev–Trinajstić information content (AvgIpc) is 3.13. The molecule has 0 atom stereocenters. The molecule has 2 aromatic carbocycles. The zero-order valence-electron chi connectivity index (χ0n) is 15.9. The molecule has 3 N–H and O–H groups in total. The molecule has 0 saturated heterocycles. The number of carbonyl (C=O) groups excluding carboxylic acids is 2. The summed E-state index contributed by atoms with van der Waals surface area (Å²) in [6, 6.07) is 10.8. The number of amides is 2. The molecule has 8 nitrogen and oxygen atoms in total. The summed E-state index contributed by atoms with van der Waals surface area (Å²) in [7, 11) is -3.89. The van der Waals surface area contributed by atoms with Gasteiger partial charge in [-0.2, -0.15) is 0 Å². The van der Waals surface area contributed by atoms with Gasteiger partial charge < -0.3 is 10.6 Å². The maximum absolute atomic E-state index is 12.8. The first-order valence-corrected chi connectivity index (χ1v) is 11.3. The molecule has 0 spiro atoms. The predicted molar refractivity (Wildman–Crippen MR) is 118 cm³/mol. The van der Waals surface area contributed by atoms with Crippen LogP contribution in [0.25, 0.3) is 0 Å². The lowest BCUT2D eigenvalue weighted by Gasteiger charge is -2.12. The number of hydrogen-bond donors (Lipinski definition) is 3. The fourth-order valence-corrected chi connectivity index (χ4v) is 4.67. The number of benzene rings is 2. The molecular formula is C19H17ClN4O4S2. The molecule has 30 heavy (non-hydrogen) atoms. The highest BCUT2D eigenvalue weighted by Crippen LogP contribution is 2.24. The van der Waals surface area contributed by atoms with Gasteiger partial charge in [-0.15, -0.1) is 11.3 Å². The molecule has 3 rings (SSSR count). The Hall–Kier alpha value is -2.95. The van der Waals surface area contributed by atoms with Crippen LogP contribution in [0.5, 0.6) is 0 Å². The van der Waals surface area contributed by atoms with Crippen molar-refractivity contribution in [3.8, 4) is 0 Å². The van der Waals surface area contributed by atoms with Crippen molar-refractivity contribution < 1.29 is 18.0 Å². The van der Waals surface area contributed by atoms with Gasteiger partial charge in [0, 0.05) is 28.7 Å². The van der Waals surface area contributed by atoms with Crippen LogP contribution in [0.3, 0.4) is 0 Å². The highest BCUT2D eigenvalue weighted by Gasteiger charge is 2.19. The Balaban J connectivity index is 1.80. The number of nitrogens with one attached hydrogen (secondary N) is 3. The van der Waals surface area contributed by atoms with E-state index in [0.29, 0.717) is 21.4 Å². The van der Waals surface area contributed by atoms with Gasteiger partial charge in [0.05, 0.1) is 4.90 Å². The predicted octanol–water partition coefficient (Wildman–Crippen LogP) is 4.12. The second-order valence-corrected chi connectivity index (χ2v) is 9.21. The molecule has 0 bridgehead atoms. The molecule has 156 valence electrons. The van der Waals surface area contributed by atoms with Gasteiger partial charge in [0.25, 0.3) is 15.9 Å². The van der Waals surface area contributed by atoms with E-state index in [9.17, 15) is 18.0 Å². The van der Waals surface area contributed by atoms with E-state index in [1.807, 2.05) is 0 Å². The highest BCUT2D eigenvalue weighted by molar-refractivity contribution is 7.92. The van der Waals surface area contributed by atoms with E-state index in [1.54, 1.807) is 43.3 Å². The summed E-state index contributed by atoms with van der Waals surface area (Å²) in [6.45, 7) is 3.00. The molecule has 1 aromatic heterocycles. The first kappa shape index (κ1) is 21.8. The zero-order valence-corrected chi connectivity index (χ0v) is 18.3. The number of anilines is 3. The normalized spacial score (nSPS) is 11.0. The van der Waals surface area contributed by atoms with E-state index in [0.717, 1.165) is 11.3 Å². The number of aromatic nitrogens is 1. The summed E-state index contributed by atoms with van der Waals surface area (Å²) in [6.07, 6.45) is 0. The van der Waals surface area contributed by atoms with Crippen molar-refractivity contribution >= 4 is 61.3 Å². The van der Waals surface area contributed by atoms with Crippen molar-refractivity contribution in [3.63, 3.8) is 0 Å². The van der Waals surface area contributed by atoms with Crippen molar-refractivity contribution in [2.24, 2.45) is 0 Å². The van der Waals surface area contributed by atoms with Crippen molar-refractivity contribution in [1.29, 1.82) is 0 Å². The molecule has 2 amide bonds. The number of aryl methyl sites for hydroxylation is 1. The lowest BCUT2D eigenvalue weighted by atomic mass is 10.2. The molecule has 1 heterocycles. The van der Waals surface area contributed by atoms with Crippen LogP contribution in [-0.2, 0) is 14.8 Å². The Kier molecular flexibility index (Phi) is 6.40. The van der Waals surface area contributed by atoms with Crippen LogP contribution < -0.4 is 15.4 Å². The van der Waals surface area contributed by atoms with Gasteiger partial charge >= 0.3 is 0 Å². The van der Waals surface area contributed by atoms with Gasteiger partial charge in [0.15, 0.2) is 5.13 Å². The summed E-state index contributed by atoms with van der Waals surface area (Å²) < 4.78 is 28.1. The van der Waals surface area contributed by atoms with E-state index < -0.39 is 15.9 Å². The number of rotatable bonds is 6. The maximum atomic E-state index is 12.8. The number of carbonyl (C=O) groups is 2. The van der Waals surface area contributed by atoms with Gasteiger partial charge in [0.1, 0.15) is 5.69 Å². The summed E-state index contributed by atoms with van der Waals surface area (Å²) in [5.74, 6) is -0.821. The highest BCUT2D eigenvalue weighted by atomic mass is 35.5. The second-order valence-electron chi connectivity index (χ2n) is 6.27. The van der Waals surface area contributed by atoms with E-state index in [4.69, 9.17) is 11.6 Å². The first-order valence-electron chi connectivity index (χ1n) is 8.57. The van der Waals surface area contributed by atoms with E-state index in [-0.39, 0.29) is 22.2 Å². The van der Waals surface area contributed by atoms with E-state index in [1.165, 1.54) is 18.4 Å². The molecule has 0 aliphatic carbocycles. The summed E-state index contributed by atoms with van der Waals surface area (Å²) in [4.78, 5) is 27.6. The molecule has 11 heteroatoms. The lowest BCUT2D eigenvalue weighted by molar-refractivity contribution is -0.114. The second kappa shape index (κ2) is 8.82. The Morgan fingerprint density at radius 2 is 1.70 bits per heavy atom. The molecule has 0 fully saturated rings. The van der Waals surface area contributed by atoms with Crippen LogP contribution in [0.4, 0.5) is 16.5 Å². The average molecular weight is 465 g/mol. The molecule has 3 aromatic rings. The first-order chi connectivity index (χ1) is 14.1. The zero-order chi connectivity index (χ0) is 21.9. The number of sulfonamides is 1. The number of nitrogens with zero attached hydrogens (tertiary/aromatic N) is 1. The van der Waals surface area contributed by atoms with Gasteiger partial charge in [-0.25, -0.2) is 13.4 Å². The molecular weight excluding hydrogens is 448 g/mol. The van der Waals surface area contributed by atoms with Crippen LogP contribution in [0.2, 0.25) is 5.02 Å². The van der Waals surface area contributed by atoms with Crippen molar-refractivity contribution in [2.75, 3.05) is 15.4 Å². The number of halogens is 1. The summed E-state index contributed by atoms with van der Waals surface area (Å²) in [5.41, 5.74) is 1.27. The van der Waals surface area contributed by atoms with Crippen molar-refractivity contribution in [2.45, 2.75) is 18.7 Å². The topological polar surface area (TPSA) is 117 Å². The van der Waals surface area contributed by atoms with E-state index in [2.05, 4.69) is 20.3 Å². The van der Waals surface area contributed by atoms with Gasteiger partial charge in [-0.05, 0) is 48.9 Å². The van der Waals surface area contributed by atoms with Crippen LogP contribution in [0, 0.1) is 6.92 Å². The SMILES string of the molecule is CC(=O)Nc1nc(C(=O)Nc2ccc(C)c(S(=O)(=O)Nc3ccc(Cl)cc3)c2)cs1. The van der Waals surface area contributed by atoms with Gasteiger partial charge in [-0.1, -0.05) is 17.7 Å². The third-order valence-electron chi connectivity index (χ3n) is 3.85. The fourth-order valence-electron chi connectivity index (χ4n) is 2.48. The monoisotopic (exact) mass is 464 g/mol. The number of thiazole rings is 1. The molecule has 0 aliphatic rings. The minimum Gasteiger partial charge on any atom is -0.321 e. The van der Waals surface area contributed by atoms with Crippen LogP contribution in [0.15, 0.2) is 52.7 Å². The Labute approximate surface area is 182 Å².